The molecule has 0 aliphatic rings. The minimum absolute atomic E-state index is 0.199. The smallest absolute Gasteiger partial charge is 0.153 e. The molecule has 0 heterocycles. The van der Waals surface area contributed by atoms with Crippen LogP contribution in [0.4, 0.5) is 0 Å². The zero-order valence-corrected chi connectivity index (χ0v) is 12.6. The van der Waals surface area contributed by atoms with Crippen LogP contribution in [0.15, 0.2) is 0 Å². The molecule has 0 amide bonds. The first-order valence-corrected chi connectivity index (χ1v) is 7.49. The molecule has 3 nitrogen and oxygen atoms in total. The fourth-order valence-electron chi connectivity index (χ4n) is 2.25. The molecule has 0 fully saturated rings. The second-order valence-corrected chi connectivity index (χ2v) is 8.81. The average molecular weight is 250 g/mol. The Labute approximate surface area is 100 Å². The maximum absolute atomic E-state index is 11.9. The lowest BCUT2D eigenvalue weighted by Crippen LogP contribution is -2.50. The van der Waals surface area contributed by atoms with Gasteiger partial charge >= 0.3 is 0 Å². The van der Waals surface area contributed by atoms with E-state index in [0.717, 1.165) is 0 Å². The summed E-state index contributed by atoms with van der Waals surface area (Å²) < 4.78 is 29.3. The second kappa shape index (κ2) is 4.65. The average Bonchev–Trinajstić information content (AvgIpc) is 1.91. The normalized spacial score (nSPS) is 18.2. The van der Waals surface area contributed by atoms with E-state index in [4.69, 9.17) is 4.74 Å². The highest BCUT2D eigenvalue weighted by atomic mass is 32.2. The number of methoxy groups -OCH3 is 1. The van der Waals surface area contributed by atoms with Gasteiger partial charge < -0.3 is 4.74 Å². The van der Waals surface area contributed by atoms with Crippen LogP contribution >= 0.6 is 0 Å². The standard InChI is InChI=1S/C12H26O3S/c1-11(2,3)9(15-7)10(12(4,5)6)16(8,13)14/h9-10H,1-8H3. The van der Waals surface area contributed by atoms with Gasteiger partial charge in [0.25, 0.3) is 0 Å². The highest BCUT2D eigenvalue weighted by Gasteiger charge is 2.45. The molecule has 0 radical (unpaired) electrons. The quantitative estimate of drug-likeness (QED) is 0.773. The lowest BCUT2D eigenvalue weighted by Gasteiger charge is -2.41. The van der Waals surface area contributed by atoms with Gasteiger partial charge in [-0.15, -0.1) is 0 Å². The largest absolute Gasteiger partial charge is 0.380 e. The third-order valence-corrected chi connectivity index (χ3v) is 4.57. The van der Waals surface area contributed by atoms with E-state index < -0.39 is 15.1 Å². The van der Waals surface area contributed by atoms with Crippen LogP contribution in [0.25, 0.3) is 0 Å². The molecule has 0 aromatic carbocycles. The molecule has 0 saturated carbocycles. The van der Waals surface area contributed by atoms with E-state index in [1.165, 1.54) is 6.26 Å². The summed E-state index contributed by atoms with van der Waals surface area (Å²) in [6, 6.07) is 0. The van der Waals surface area contributed by atoms with E-state index in [1.807, 2.05) is 41.5 Å². The molecule has 2 atom stereocenters. The van der Waals surface area contributed by atoms with E-state index in [9.17, 15) is 8.42 Å². The van der Waals surface area contributed by atoms with E-state index in [1.54, 1.807) is 7.11 Å². The van der Waals surface area contributed by atoms with Crippen molar-refractivity contribution in [3.8, 4) is 0 Å². The molecule has 0 aromatic rings. The highest BCUT2D eigenvalue weighted by Crippen LogP contribution is 2.37. The fraction of sp³-hybridized carbons (Fsp3) is 1.00. The zero-order chi connectivity index (χ0) is 13.4. The van der Waals surface area contributed by atoms with Gasteiger partial charge in [0.1, 0.15) is 0 Å². The Bertz CT molecular complexity index is 317. The van der Waals surface area contributed by atoms with Crippen molar-refractivity contribution in [2.24, 2.45) is 10.8 Å². The third kappa shape index (κ3) is 4.06. The number of hydrogen-bond acceptors (Lipinski definition) is 3. The monoisotopic (exact) mass is 250 g/mol. The van der Waals surface area contributed by atoms with Crippen LogP contribution in [-0.4, -0.2) is 33.1 Å². The summed E-state index contributed by atoms with van der Waals surface area (Å²) in [5.41, 5.74) is -0.530. The number of sulfone groups is 1. The molecule has 0 saturated heterocycles. The number of rotatable bonds is 3. The van der Waals surface area contributed by atoms with Gasteiger partial charge in [0.2, 0.25) is 0 Å². The predicted octanol–water partition coefficient (Wildman–Crippen LogP) is 2.51. The maximum Gasteiger partial charge on any atom is 0.153 e. The van der Waals surface area contributed by atoms with Crippen molar-refractivity contribution in [2.75, 3.05) is 13.4 Å². The SMILES string of the molecule is COC(C(C(C)(C)C)S(C)(=O)=O)C(C)(C)C. The van der Waals surface area contributed by atoms with E-state index in [0.29, 0.717) is 0 Å². The van der Waals surface area contributed by atoms with Gasteiger partial charge in [0.15, 0.2) is 9.84 Å². The molecule has 0 N–H and O–H groups in total. The Hall–Kier alpha value is -0.0900. The maximum atomic E-state index is 11.9. The molecule has 0 bridgehead atoms. The van der Waals surface area contributed by atoms with Crippen LogP contribution in [0.5, 0.6) is 0 Å². The van der Waals surface area contributed by atoms with Crippen LogP contribution in [0.3, 0.4) is 0 Å². The van der Waals surface area contributed by atoms with Crippen LogP contribution in [-0.2, 0) is 14.6 Å². The first kappa shape index (κ1) is 15.9. The molecule has 98 valence electrons. The zero-order valence-electron chi connectivity index (χ0n) is 11.8. The predicted molar refractivity (Wildman–Crippen MR) is 68.3 cm³/mol. The Morgan fingerprint density at radius 3 is 1.38 bits per heavy atom. The molecule has 0 spiro atoms. The molecule has 0 aliphatic heterocycles. The van der Waals surface area contributed by atoms with Crippen molar-refractivity contribution >= 4 is 9.84 Å². The second-order valence-electron chi connectivity index (χ2n) is 6.64. The summed E-state index contributed by atoms with van der Waals surface area (Å²) in [5.74, 6) is 0. The van der Waals surface area contributed by atoms with Gasteiger partial charge in [-0.05, 0) is 10.8 Å². The summed E-state index contributed by atoms with van der Waals surface area (Å²) in [6.07, 6.45) is 0.989. The Balaban J connectivity index is 5.53. The van der Waals surface area contributed by atoms with E-state index >= 15 is 0 Å². The van der Waals surface area contributed by atoms with Crippen molar-refractivity contribution < 1.29 is 13.2 Å². The first-order chi connectivity index (χ1) is 6.81. The van der Waals surface area contributed by atoms with E-state index in [-0.39, 0.29) is 16.9 Å². The van der Waals surface area contributed by atoms with Crippen molar-refractivity contribution in [3.63, 3.8) is 0 Å². The highest BCUT2D eigenvalue weighted by molar-refractivity contribution is 7.91. The van der Waals surface area contributed by atoms with Crippen molar-refractivity contribution in [2.45, 2.75) is 52.9 Å². The molecule has 0 rings (SSSR count). The van der Waals surface area contributed by atoms with Crippen molar-refractivity contribution in [1.82, 2.24) is 0 Å². The molecule has 0 aromatic heterocycles. The van der Waals surface area contributed by atoms with Gasteiger partial charge in [-0.3, -0.25) is 0 Å². The Morgan fingerprint density at radius 2 is 1.31 bits per heavy atom. The summed E-state index contributed by atoms with van der Waals surface area (Å²) in [5, 5.41) is -0.495. The van der Waals surface area contributed by atoms with Crippen LogP contribution < -0.4 is 0 Å². The first-order valence-electron chi connectivity index (χ1n) is 5.53. The Morgan fingerprint density at radius 1 is 0.938 bits per heavy atom. The molecule has 0 aliphatic carbocycles. The topological polar surface area (TPSA) is 43.4 Å². The number of ether oxygens (including phenoxy) is 1. The van der Waals surface area contributed by atoms with Gasteiger partial charge in [-0.2, -0.15) is 0 Å². The van der Waals surface area contributed by atoms with Gasteiger partial charge in [-0.25, -0.2) is 8.42 Å². The van der Waals surface area contributed by atoms with Gasteiger partial charge in [0, 0.05) is 13.4 Å². The number of hydrogen-bond donors (Lipinski definition) is 0. The van der Waals surface area contributed by atoms with Gasteiger partial charge in [0.05, 0.1) is 11.4 Å². The van der Waals surface area contributed by atoms with E-state index in [2.05, 4.69) is 0 Å². The summed E-state index contributed by atoms with van der Waals surface area (Å²) >= 11 is 0. The Kier molecular flexibility index (Phi) is 4.62. The van der Waals surface area contributed by atoms with Gasteiger partial charge in [-0.1, -0.05) is 41.5 Å². The molecular formula is C12H26O3S. The molecule has 4 heteroatoms. The minimum Gasteiger partial charge on any atom is -0.380 e. The van der Waals surface area contributed by atoms with Crippen LogP contribution in [0.2, 0.25) is 0 Å². The van der Waals surface area contributed by atoms with Crippen LogP contribution in [0.1, 0.15) is 41.5 Å². The third-order valence-electron chi connectivity index (χ3n) is 2.70. The minimum atomic E-state index is -3.14. The molecular weight excluding hydrogens is 224 g/mol. The van der Waals surface area contributed by atoms with Crippen molar-refractivity contribution in [3.05, 3.63) is 0 Å². The lowest BCUT2D eigenvalue weighted by molar-refractivity contribution is -0.00676. The summed E-state index contributed by atoms with van der Waals surface area (Å²) in [4.78, 5) is 0. The fourth-order valence-corrected chi connectivity index (χ4v) is 4.50. The summed E-state index contributed by atoms with van der Waals surface area (Å²) in [6.45, 7) is 11.8. The lowest BCUT2D eigenvalue weighted by atomic mass is 9.78. The summed E-state index contributed by atoms with van der Waals surface area (Å²) in [7, 11) is -1.56. The van der Waals surface area contributed by atoms with Crippen molar-refractivity contribution in [1.29, 1.82) is 0 Å². The molecule has 2 unspecified atom stereocenters. The van der Waals surface area contributed by atoms with Crippen LogP contribution in [0, 0.1) is 10.8 Å². The molecule has 16 heavy (non-hydrogen) atoms.